The number of likely N-dealkylation sites (tertiary alicyclic amines) is 1. The zero-order valence-electron chi connectivity index (χ0n) is 21.8. The number of fused-ring (bicyclic) bond motifs is 1. The summed E-state index contributed by atoms with van der Waals surface area (Å²) in [6, 6.07) is 6.15. The number of aryl methyl sites for hydroxylation is 2. The summed E-state index contributed by atoms with van der Waals surface area (Å²) in [6.07, 6.45) is 10.8. The molecule has 2 unspecified atom stereocenters. The molecule has 3 heterocycles. The average molecular weight is 512 g/mol. The number of rotatable bonds is 3. The predicted octanol–water partition coefficient (Wildman–Crippen LogP) is 7.19. The maximum absolute atomic E-state index is 12.9. The second kappa shape index (κ2) is 12.1. The van der Waals surface area contributed by atoms with Crippen LogP contribution in [0.3, 0.4) is 0 Å². The van der Waals surface area contributed by atoms with Crippen molar-refractivity contribution in [2.24, 2.45) is 11.8 Å². The van der Waals surface area contributed by atoms with Crippen LogP contribution in [0.1, 0.15) is 91.8 Å². The van der Waals surface area contributed by atoms with Gasteiger partial charge < -0.3 is 19.7 Å². The lowest BCUT2D eigenvalue weighted by atomic mass is 9.86. The first kappa shape index (κ1) is 25.7. The minimum absolute atomic E-state index is 0.00833. The number of hydrogen-bond acceptors (Lipinski definition) is 5. The smallest absolute Gasteiger partial charge is 0.321 e. The Hall–Kier alpha value is -1.96. The van der Waals surface area contributed by atoms with Gasteiger partial charge in [-0.05, 0) is 68.6 Å². The monoisotopic (exact) mass is 511 g/mol. The molecule has 1 aromatic carbocycles. The zero-order valence-corrected chi connectivity index (χ0v) is 22.7. The molecule has 2 atom stereocenters. The number of nitrogens with zero attached hydrogens (tertiary/aromatic N) is 2. The number of carbonyl (C=O) groups is 1. The van der Waals surface area contributed by atoms with Crippen LogP contribution in [-0.2, 0) is 9.47 Å². The number of amides is 2. The van der Waals surface area contributed by atoms with Crippen LogP contribution in [0.2, 0.25) is 0 Å². The summed E-state index contributed by atoms with van der Waals surface area (Å²) >= 11 is 1.72. The van der Waals surface area contributed by atoms with Gasteiger partial charge in [-0.1, -0.05) is 44.2 Å². The highest BCUT2D eigenvalue weighted by Crippen LogP contribution is 2.36. The first-order chi connectivity index (χ1) is 17.6. The van der Waals surface area contributed by atoms with Gasteiger partial charge in [0.2, 0.25) is 6.29 Å². The zero-order chi connectivity index (χ0) is 24.9. The van der Waals surface area contributed by atoms with E-state index in [0.29, 0.717) is 17.8 Å². The van der Waals surface area contributed by atoms with Crippen molar-refractivity contribution < 1.29 is 14.3 Å². The molecule has 2 aliphatic heterocycles. The van der Waals surface area contributed by atoms with Crippen LogP contribution in [-0.4, -0.2) is 42.2 Å². The predicted molar refractivity (Wildman–Crippen MR) is 145 cm³/mol. The Bertz CT molecular complexity index is 999. The Labute approximate surface area is 219 Å². The maximum atomic E-state index is 12.9. The van der Waals surface area contributed by atoms with Gasteiger partial charge in [-0.15, -0.1) is 11.3 Å². The van der Waals surface area contributed by atoms with Gasteiger partial charge in [0.1, 0.15) is 5.69 Å². The molecule has 0 bridgehead atoms. The molecule has 3 fully saturated rings. The van der Waals surface area contributed by atoms with E-state index in [9.17, 15) is 4.79 Å². The van der Waals surface area contributed by atoms with Crippen LogP contribution in [0.4, 0.5) is 10.5 Å². The lowest BCUT2D eigenvalue weighted by Crippen LogP contribution is -2.40. The summed E-state index contributed by atoms with van der Waals surface area (Å²) in [6.45, 7) is 7.14. The molecule has 5 rings (SSSR count). The van der Waals surface area contributed by atoms with Crippen LogP contribution in [0.5, 0.6) is 0 Å². The maximum Gasteiger partial charge on any atom is 0.321 e. The molecule has 1 aliphatic carbocycles. The highest BCUT2D eigenvalue weighted by molar-refractivity contribution is 7.09. The number of nitrogens with one attached hydrogen (secondary N) is 1. The third-order valence-corrected chi connectivity index (χ3v) is 9.31. The summed E-state index contributed by atoms with van der Waals surface area (Å²) in [4.78, 5) is 19.8. The fraction of sp³-hybridized carbons (Fsp3) is 0.655. The van der Waals surface area contributed by atoms with Gasteiger partial charge >= 0.3 is 6.03 Å². The first-order valence-corrected chi connectivity index (χ1v) is 14.8. The Kier molecular flexibility index (Phi) is 8.60. The Balaban J connectivity index is 1.14. The Morgan fingerprint density at radius 1 is 0.972 bits per heavy atom. The number of carbonyl (C=O) groups excluding carboxylic acids is 1. The molecule has 196 valence electrons. The molecule has 6 nitrogen and oxygen atoms in total. The fourth-order valence-electron chi connectivity index (χ4n) is 5.89. The first-order valence-electron chi connectivity index (χ1n) is 13.9. The molecule has 0 spiro atoms. The van der Waals surface area contributed by atoms with Crippen LogP contribution in [0, 0.1) is 25.7 Å². The van der Waals surface area contributed by atoms with E-state index in [0.717, 1.165) is 66.7 Å². The summed E-state index contributed by atoms with van der Waals surface area (Å²) in [5, 5.41) is 6.38. The van der Waals surface area contributed by atoms with E-state index in [1.807, 2.05) is 24.8 Å². The number of benzene rings is 1. The van der Waals surface area contributed by atoms with Gasteiger partial charge in [0, 0.05) is 30.1 Å². The van der Waals surface area contributed by atoms with E-state index in [1.54, 1.807) is 11.3 Å². The number of piperidine rings is 1. The van der Waals surface area contributed by atoms with Crippen LogP contribution >= 0.6 is 11.3 Å². The number of ether oxygens (including phenoxy) is 2. The van der Waals surface area contributed by atoms with Crippen molar-refractivity contribution in [3.8, 4) is 0 Å². The van der Waals surface area contributed by atoms with Crippen LogP contribution < -0.4 is 5.32 Å². The van der Waals surface area contributed by atoms with E-state index < -0.39 is 0 Å². The largest absolute Gasteiger partial charge is 0.347 e. The lowest BCUT2D eigenvalue weighted by molar-refractivity contribution is -0.136. The average Bonchev–Trinajstić information content (AvgIpc) is 3.33. The number of thiazole rings is 1. The number of hydrogen-bond donors (Lipinski definition) is 1. The van der Waals surface area contributed by atoms with Gasteiger partial charge in [-0.25, -0.2) is 9.78 Å². The van der Waals surface area contributed by atoms with Gasteiger partial charge in [0.25, 0.3) is 0 Å². The SMILES string of the molecule is Cc1ccc(C)c(NC(=O)N2CCC(c3nc(C4OCC5CCCCCCCC5CO4)cs3)CC2)c1. The minimum Gasteiger partial charge on any atom is -0.347 e. The third-order valence-electron chi connectivity index (χ3n) is 8.29. The molecule has 1 aromatic heterocycles. The number of aromatic nitrogens is 1. The van der Waals surface area contributed by atoms with Crippen molar-refractivity contribution in [2.45, 2.75) is 83.8 Å². The van der Waals surface area contributed by atoms with E-state index in [2.05, 4.69) is 22.8 Å². The third kappa shape index (κ3) is 6.29. The lowest BCUT2D eigenvalue weighted by Gasteiger charge is -2.31. The van der Waals surface area contributed by atoms with E-state index in [-0.39, 0.29) is 12.3 Å². The van der Waals surface area contributed by atoms with Gasteiger partial charge in [-0.2, -0.15) is 0 Å². The topological polar surface area (TPSA) is 63.7 Å². The second-order valence-corrected chi connectivity index (χ2v) is 11.9. The molecule has 36 heavy (non-hydrogen) atoms. The molecule has 0 radical (unpaired) electrons. The Morgan fingerprint density at radius 2 is 1.64 bits per heavy atom. The quantitative estimate of drug-likeness (QED) is 0.473. The summed E-state index contributed by atoms with van der Waals surface area (Å²) < 4.78 is 12.6. The van der Waals surface area contributed by atoms with Gasteiger partial charge in [0.05, 0.1) is 18.2 Å². The summed E-state index contributed by atoms with van der Waals surface area (Å²) in [5.41, 5.74) is 4.06. The van der Waals surface area contributed by atoms with Crippen LogP contribution in [0.25, 0.3) is 0 Å². The summed E-state index contributed by atoms with van der Waals surface area (Å²) in [5.74, 6) is 1.62. The molecular weight excluding hydrogens is 470 g/mol. The number of anilines is 1. The van der Waals surface area contributed by atoms with Crippen molar-refractivity contribution in [3.05, 3.63) is 45.4 Å². The standard InChI is InChI=1S/C29H41N3O3S/c1-20-10-11-21(2)25(16-20)31-29(33)32-14-12-22(13-15-32)27-30-26(19-36-27)28-34-17-23-8-6-4-3-5-7-9-24(23)18-35-28/h10-11,16,19,22-24,28H,3-9,12-15,17-18H2,1-2H3,(H,31,33). The summed E-state index contributed by atoms with van der Waals surface area (Å²) in [7, 11) is 0. The molecular formula is C29H41N3O3S. The normalized spacial score (nSPS) is 26.3. The van der Waals surface area contributed by atoms with Crippen molar-refractivity contribution in [1.82, 2.24) is 9.88 Å². The van der Waals surface area contributed by atoms with Crippen molar-refractivity contribution >= 4 is 23.1 Å². The molecule has 3 aliphatic rings. The molecule has 2 saturated heterocycles. The van der Waals surface area contributed by atoms with Crippen molar-refractivity contribution in [1.29, 1.82) is 0 Å². The van der Waals surface area contributed by atoms with E-state index in [1.165, 1.54) is 44.9 Å². The van der Waals surface area contributed by atoms with Crippen molar-refractivity contribution in [2.75, 3.05) is 31.6 Å². The van der Waals surface area contributed by atoms with Crippen molar-refractivity contribution in [3.63, 3.8) is 0 Å². The molecule has 1 saturated carbocycles. The van der Waals surface area contributed by atoms with E-state index >= 15 is 0 Å². The highest BCUT2D eigenvalue weighted by atomic mass is 32.1. The molecule has 1 N–H and O–H groups in total. The minimum atomic E-state index is -0.339. The van der Waals surface area contributed by atoms with Crippen LogP contribution in [0.15, 0.2) is 23.6 Å². The van der Waals surface area contributed by atoms with Gasteiger partial charge in [0.15, 0.2) is 0 Å². The molecule has 2 aromatic rings. The highest BCUT2D eigenvalue weighted by Gasteiger charge is 2.31. The molecule has 7 heteroatoms. The van der Waals surface area contributed by atoms with Gasteiger partial charge in [-0.3, -0.25) is 0 Å². The Morgan fingerprint density at radius 3 is 2.33 bits per heavy atom. The van der Waals surface area contributed by atoms with E-state index in [4.69, 9.17) is 14.5 Å². The molecule has 2 amide bonds. The second-order valence-electron chi connectivity index (χ2n) is 11.0. The fourth-order valence-corrected chi connectivity index (χ4v) is 6.88. The number of urea groups is 1.